The molecule has 5 rings (SSSR count). The van der Waals surface area contributed by atoms with Crippen LogP contribution in [0.1, 0.15) is 200 Å². The van der Waals surface area contributed by atoms with Crippen molar-refractivity contribution >= 4 is 23.3 Å². The second-order valence-corrected chi connectivity index (χ2v) is 16.7. The van der Waals surface area contributed by atoms with Crippen molar-refractivity contribution in [2.24, 2.45) is 0 Å². The van der Waals surface area contributed by atoms with E-state index in [2.05, 4.69) is 56.1 Å². The monoisotopic (exact) mass is 623 g/mol. The zero-order chi connectivity index (χ0) is 30.5. The Labute approximate surface area is 270 Å². The molecular weight excluding hydrogens is 567 g/mol. The van der Waals surface area contributed by atoms with Gasteiger partial charge < -0.3 is 9.66 Å². The third-order valence-corrected chi connectivity index (χ3v) is 13.1. The molecule has 238 valence electrons. The molecule has 3 nitrogen and oxygen atoms in total. The number of hydrogen-bond donors (Lipinski definition) is 2. The van der Waals surface area contributed by atoms with Crippen molar-refractivity contribution in [1.29, 1.82) is 0 Å². The molecule has 2 aromatic rings. The third kappa shape index (κ3) is 8.06. The van der Waals surface area contributed by atoms with Gasteiger partial charge in [-0.05, 0) is 103 Å². The standard InChI is InChI=1S/C38H57NO2S2/c1-25(2)31-21-33(26(3)4)38(34(22-31)27(5)40)43(41)39-42-37-35(29-17-11-7-12-18-29)23-32(28-15-9-6-10-16-28)24-36(37)30-19-13-8-14-20-30/h21-30,39-40H,6-20H2,1-5H3. The molecule has 2 unspecified atom stereocenters. The third-order valence-electron chi connectivity index (χ3n) is 10.6. The van der Waals surface area contributed by atoms with E-state index in [0.717, 1.165) is 16.0 Å². The van der Waals surface area contributed by atoms with Crippen molar-refractivity contribution in [3.63, 3.8) is 0 Å². The summed E-state index contributed by atoms with van der Waals surface area (Å²) >= 11 is 0.186. The van der Waals surface area contributed by atoms with Crippen molar-refractivity contribution in [3.8, 4) is 0 Å². The molecule has 3 fully saturated rings. The van der Waals surface area contributed by atoms with Gasteiger partial charge in [0.05, 0.1) is 17.5 Å². The summed E-state index contributed by atoms with van der Waals surface area (Å²) in [6, 6.07) is 9.51. The Morgan fingerprint density at radius 3 is 1.58 bits per heavy atom. The van der Waals surface area contributed by atoms with Gasteiger partial charge in [0.1, 0.15) is 0 Å². The number of aliphatic hydroxyl groups is 1. The SMILES string of the molecule is CC(C)c1cc(C(C)C)c([S+]([O-])NSc2c(C3CCCCC3)cc(C3CCCCC3)cc2C2CCCCC2)c(C(C)O)c1. The molecule has 0 amide bonds. The van der Waals surface area contributed by atoms with Gasteiger partial charge >= 0.3 is 0 Å². The van der Waals surface area contributed by atoms with Gasteiger partial charge in [-0.3, -0.25) is 0 Å². The first-order valence-electron chi connectivity index (χ1n) is 17.6. The van der Waals surface area contributed by atoms with Crippen LogP contribution in [0.3, 0.4) is 0 Å². The van der Waals surface area contributed by atoms with E-state index in [4.69, 9.17) is 0 Å². The lowest BCUT2D eigenvalue weighted by molar-refractivity contribution is 0.195. The van der Waals surface area contributed by atoms with Gasteiger partial charge in [0.2, 0.25) is 0 Å². The van der Waals surface area contributed by atoms with Gasteiger partial charge in [-0.15, -0.1) is 0 Å². The van der Waals surface area contributed by atoms with Gasteiger partial charge in [-0.25, -0.2) is 0 Å². The summed E-state index contributed by atoms with van der Waals surface area (Å²) in [5.41, 5.74) is 7.75. The van der Waals surface area contributed by atoms with Crippen molar-refractivity contribution in [2.45, 2.75) is 176 Å². The van der Waals surface area contributed by atoms with Crippen LogP contribution in [0.15, 0.2) is 34.1 Å². The summed E-state index contributed by atoms with van der Waals surface area (Å²) in [6.45, 7) is 10.5. The lowest BCUT2D eigenvalue weighted by atomic mass is 9.76. The number of hydrogen-bond acceptors (Lipinski definition) is 4. The lowest BCUT2D eigenvalue weighted by Gasteiger charge is -2.32. The highest BCUT2D eigenvalue weighted by atomic mass is 32.3. The van der Waals surface area contributed by atoms with Crippen LogP contribution in [-0.2, 0) is 11.4 Å². The summed E-state index contributed by atoms with van der Waals surface area (Å²) < 4.78 is 17.8. The quantitative estimate of drug-likeness (QED) is 0.204. The Morgan fingerprint density at radius 1 is 0.674 bits per heavy atom. The van der Waals surface area contributed by atoms with Crippen LogP contribution in [-0.4, -0.2) is 9.66 Å². The van der Waals surface area contributed by atoms with Gasteiger partial charge in [-0.2, -0.15) is 0 Å². The van der Waals surface area contributed by atoms with Crippen molar-refractivity contribution < 1.29 is 9.66 Å². The molecule has 43 heavy (non-hydrogen) atoms. The molecule has 2 aromatic carbocycles. The van der Waals surface area contributed by atoms with Crippen molar-refractivity contribution in [1.82, 2.24) is 4.13 Å². The van der Waals surface area contributed by atoms with Crippen LogP contribution >= 0.6 is 11.9 Å². The first kappa shape index (κ1) is 33.4. The maximum atomic E-state index is 14.3. The van der Waals surface area contributed by atoms with E-state index in [-0.39, 0.29) is 5.92 Å². The highest BCUT2D eigenvalue weighted by molar-refractivity contribution is 8.09. The van der Waals surface area contributed by atoms with Gasteiger partial charge in [0.25, 0.3) is 0 Å². The Balaban J connectivity index is 1.55. The number of rotatable bonds is 10. The molecular formula is C38H57NO2S2. The van der Waals surface area contributed by atoms with Crippen molar-refractivity contribution in [3.05, 3.63) is 57.6 Å². The fraction of sp³-hybridized carbons (Fsp3) is 0.684. The number of benzene rings is 2. The summed E-state index contributed by atoms with van der Waals surface area (Å²) in [5, 5.41) is 10.9. The summed E-state index contributed by atoms with van der Waals surface area (Å²) in [6.07, 6.45) is 19.2. The Kier molecular flexibility index (Phi) is 12.1. The van der Waals surface area contributed by atoms with Gasteiger partial charge in [0.15, 0.2) is 4.90 Å². The topological polar surface area (TPSA) is 55.3 Å². The average Bonchev–Trinajstić information content (AvgIpc) is 3.03. The molecule has 5 heteroatoms. The maximum Gasteiger partial charge on any atom is 0.184 e. The summed E-state index contributed by atoms with van der Waals surface area (Å²) in [4.78, 5) is 2.15. The molecule has 0 radical (unpaired) electrons. The molecule has 0 bridgehead atoms. The van der Waals surface area contributed by atoms with E-state index in [0.29, 0.717) is 23.7 Å². The largest absolute Gasteiger partial charge is 0.592 e. The van der Waals surface area contributed by atoms with E-state index in [1.165, 1.54) is 118 Å². The van der Waals surface area contributed by atoms with E-state index in [1.54, 1.807) is 17.5 Å². The highest BCUT2D eigenvalue weighted by Gasteiger charge is 2.31. The second-order valence-electron chi connectivity index (χ2n) is 14.5. The average molecular weight is 624 g/mol. The summed E-state index contributed by atoms with van der Waals surface area (Å²) in [7, 11) is 0. The molecule has 3 aliphatic rings. The highest BCUT2D eigenvalue weighted by Crippen LogP contribution is 2.47. The van der Waals surface area contributed by atoms with Crippen LogP contribution in [0.4, 0.5) is 0 Å². The molecule has 3 saturated carbocycles. The van der Waals surface area contributed by atoms with Crippen LogP contribution in [0.2, 0.25) is 0 Å². The zero-order valence-corrected chi connectivity index (χ0v) is 29.2. The minimum atomic E-state index is -1.45. The van der Waals surface area contributed by atoms with Gasteiger partial charge in [0, 0.05) is 28.0 Å². The fourth-order valence-electron chi connectivity index (χ4n) is 8.03. The molecule has 0 heterocycles. The van der Waals surface area contributed by atoms with Crippen molar-refractivity contribution in [2.75, 3.05) is 0 Å². The summed E-state index contributed by atoms with van der Waals surface area (Å²) in [5.74, 6) is 2.45. The number of aliphatic hydroxyl groups excluding tert-OH is 1. The predicted molar refractivity (Wildman–Crippen MR) is 185 cm³/mol. The molecule has 2 atom stereocenters. The first-order valence-corrected chi connectivity index (χ1v) is 19.6. The molecule has 0 aliphatic heterocycles. The van der Waals surface area contributed by atoms with E-state index in [1.807, 2.05) is 6.92 Å². The van der Waals surface area contributed by atoms with Crippen LogP contribution in [0.25, 0.3) is 0 Å². The molecule has 3 aliphatic carbocycles. The van der Waals surface area contributed by atoms with Crippen LogP contribution in [0, 0.1) is 0 Å². The Morgan fingerprint density at radius 2 is 1.14 bits per heavy atom. The predicted octanol–water partition coefficient (Wildman–Crippen LogP) is 11.4. The zero-order valence-electron chi connectivity index (χ0n) is 27.6. The van der Waals surface area contributed by atoms with E-state index >= 15 is 0 Å². The lowest BCUT2D eigenvalue weighted by Crippen LogP contribution is -2.23. The minimum Gasteiger partial charge on any atom is -0.592 e. The molecule has 0 spiro atoms. The van der Waals surface area contributed by atoms with E-state index in [9.17, 15) is 9.66 Å². The smallest absolute Gasteiger partial charge is 0.184 e. The first-order chi connectivity index (χ1) is 20.7. The second kappa shape index (κ2) is 15.5. The Bertz CT molecular complexity index is 1120. The minimum absolute atomic E-state index is 0.215. The fourth-order valence-corrected chi connectivity index (χ4v) is 10.6. The molecule has 0 aromatic heterocycles. The van der Waals surface area contributed by atoms with E-state index < -0.39 is 17.5 Å². The van der Waals surface area contributed by atoms with Gasteiger partial charge in [-0.1, -0.05) is 108 Å². The van der Waals surface area contributed by atoms with Crippen LogP contribution in [0.5, 0.6) is 0 Å². The molecule has 2 N–H and O–H groups in total. The normalized spacial score (nSPS) is 21.0. The molecule has 0 saturated heterocycles. The maximum absolute atomic E-state index is 14.3. The number of nitrogens with one attached hydrogen (secondary N) is 1. The Hall–Kier alpha value is -0.980. The van der Waals surface area contributed by atoms with Crippen LogP contribution < -0.4 is 4.13 Å².